The predicted molar refractivity (Wildman–Crippen MR) is 241 cm³/mol. The van der Waals surface area contributed by atoms with E-state index in [1.54, 1.807) is 0 Å². The van der Waals surface area contributed by atoms with Crippen LogP contribution in [0.5, 0.6) is 0 Å². The molecule has 11 aromatic carbocycles. The van der Waals surface area contributed by atoms with Crippen LogP contribution in [0, 0.1) is 0 Å². The summed E-state index contributed by atoms with van der Waals surface area (Å²) in [5.74, 6) is 0. The highest BCUT2D eigenvalue weighted by atomic mass is 14.2. The van der Waals surface area contributed by atoms with E-state index in [9.17, 15) is 0 Å². The molecule has 0 atom stereocenters. The van der Waals surface area contributed by atoms with Crippen LogP contribution in [0.25, 0.3) is 109 Å². The van der Waals surface area contributed by atoms with Gasteiger partial charge < -0.3 is 0 Å². The minimum atomic E-state index is 1.21. The van der Waals surface area contributed by atoms with Crippen LogP contribution in [-0.4, -0.2) is 0 Å². The molecule has 0 spiro atoms. The topological polar surface area (TPSA) is 0 Å². The van der Waals surface area contributed by atoms with Gasteiger partial charge in [0.2, 0.25) is 0 Å². The molecule has 0 saturated heterocycles. The molecule has 0 nitrogen and oxygen atoms in total. The molecule has 0 fully saturated rings. The zero-order valence-electron chi connectivity index (χ0n) is 30.8. The maximum absolute atomic E-state index is 2.40. The second-order valence-electron chi connectivity index (χ2n) is 14.8. The van der Waals surface area contributed by atoms with Crippen LogP contribution in [0.1, 0.15) is 0 Å². The van der Waals surface area contributed by atoms with Crippen molar-refractivity contribution in [3.63, 3.8) is 0 Å². The molecule has 0 N–H and O–H groups in total. The van der Waals surface area contributed by atoms with Gasteiger partial charge in [-0.1, -0.05) is 206 Å². The van der Waals surface area contributed by atoms with Crippen LogP contribution in [-0.2, 0) is 0 Å². The van der Waals surface area contributed by atoms with Gasteiger partial charge >= 0.3 is 0 Å². The molecule has 0 aliphatic heterocycles. The molecule has 11 rings (SSSR count). The Labute approximate surface area is 326 Å². The first-order valence-electron chi connectivity index (χ1n) is 19.4. The number of hydrogen-bond acceptors (Lipinski definition) is 0. The number of benzene rings is 11. The highest BCUT2D eigenvalue weighted by Gasteiger charge is 2.22. The molecule has 0 radical (unpaired) electrons. The minimum absolute atomic E-state index is 1.21. The molecular formula is C56H36. The van der Waals surface area contributed by atoms with E-state index in [4.69, 9.17) is 0 Å². The van der Waals surface area contributed by atoms with Gasteiger partial charge in [-0.15, -0.1) is 0 Å². The summed E-state index contributed by atoms with van der Waals surface area (Å²) in [5.41, 5.74) is 12.3. The second kappa shape index (κ2) is 13.2. The lowest BCUT2D eigenvalue weighted by Gasteiger charge is -2.22. The van der Waals surface area contributed by atoms with E-state index in [0.29, 0.717) is 0 Å². The van der Waals surface area contributed by atoms with Crippen molar-refractivity contribution in [3.8, 4) is 55.6 Å². The van der Waals surface area contributed by atoms with E-state index in [2.05, 4.69) is 218 Å². The first-order valence-corrected chi connectivity index (χ1v) is 19.4. The Kier molecular flexibility index (Phi) is 7.60. The minimum Gasteiger partial charge on any atom is -0.0616 e. The van der Waals surface area contributed by atoms with E-state index in [1.807, 2.05) is 0 Å². The Morgan fingerprint density at radius 2 is 0.643 bits per heavy atom. The molecule has 0 aliphatic rings. The summed E-state index contributed by atoms with van der Waals surface area (Å²) in [6.07, 6.45) is 0. The van der Waals surface area contributed by atoms with Gasteiger partial charge in [-0.25, -0.2) is 0 Å². The number of fused-ring (bicyclic) bond motifs is 5. The zero-order valence-corrected chi connectivity index (χ0v) is 30.8. The zero-order chi connectivity index (χ0) is 37.0. The Balaban J connectivity index is 1.27. The van der Waals surface area contributed by atoms with Crippen LogP contribution in [0.4, 0.5) is 0 Å². The molecule has 0 bridgehead atoms. The summed E-state index contributed by atoms with van der Waals surface area (Å²) < 4.78 is 0. The summed E-state index contributed by atoms with van der Waals surface area (Å²) in [5, 5.41) is 12.5. The highest BCUT2D eigenvalue weighted by molar-refractivity contribution is 6.27. The summed E-state index contributed by atoms with van der Waals surface area (Å²) in [4.78, 5) is 0. The van der Waals surface area contributed by atoms with Crippen molar-refractivity contribution in [2.75, 3.05) is 0 Å². The summed E-state index contributed by atoms with van der Waals surface area (Å²) in [6.45, 7) is 0. The van der Waals surface area contributed by atoms with Crippen molar-refractivity contribution < 1.29 is 0 Å². The summed E-state index contributed by atoms with van der Waals surface area (Å²) in [7, 11) is 0. The van der Waals surface area contributed by atoms with Gasteiger partial charge in [0, 0.05) is 0 Å². The average molecular weight is 709 g/mol. The van der Waals surface area contributed by atoms with Crippen LogP contribution in [0.15, 0.2) is 218 Å². The Morgan fingerprint density at radius 3 is 1.39 bits per heavy atom. The number of hydrogen-bond donors (Lipinski definition) is 0. The van der Waals surface area contributed by atoms with Crippen molar-refractivity contribution in [3.05, 3.63) is 218 Å². The standard InChI is InChI=1S/C56H36/c1-2-18-40-35-42(34-33-37(40)15-1)41-21-11-22-43(36-41)54-51-27-9-10-28-52(51)55(49-30-13-20-39-17-4-6-24-45(39)49)53-32-14-31-50(56(53)54)48-26-8-7-25-47(48)46-29-12-19-38-16-3-5-23-44(38)46/h1-36H. The Morgan fingerprint density at radius 1 is 0.196 bits per heavy atom. The van der Waals surface area contributed by atoms with Crippen LogP contribution >= 0.6 is 0 Å². The Bertz CT molecular complexity index is 3300. The van der Waals surface area contributed by atoms with Gasteiger partial charge in [-0.3, -0.25) is 0 Å². The van der Waals surface area contributed by atoms with Crippen molar-refractivity contribution in [1.29, 1.82) is 0 Å². The Hall–Kier alpha value is -7.28. The van der Waals surface area contributed by atoms with Crippen molar-refractivity contribution >= 4 is 53.9 Å². The van der Waals surface area contributed by atoms with Gasteiger partial charge in [-0.2, -0.15) is 0 Å². The highest BCUT2D eigenvalue weighted by Crippen LogP contribution is 2.50. The summed E-state index contributed by atoms with van der Waals surface area (Å²) >= 11 is 0. The van der Waals surface area contributed by atoms with Crippen LogP contribution in [0.2, 0.25) is 0 Å². The molecule has 0 saturated carbocycles. The molecule has 260 valence electrons. The molecule has 0 aromatic heterocycles. The lowest BCUT2D eigenvalue weighted by Crippen LogP contribution is -1.95. The van der Waals surface area contributed by atoms with Crippen molar-refractivity contribution in [2.24, 2.45) is 0 Å². The largest absolute Gasteiger partial charge is 0.0616 e. The van der Waals surface area contributed by atoms with E-state index >= 15 is 0 Å². The van der Waals surface area contributed by atoms with Gasteiger partial charge in [0.25, 0.3) is 0 Å². The summed E-state index contributed by atoms with van der Waals surface area (Å²) in [6, 6.07) is 80.5. The first kappa shape index (κ1) is 32.2. The lowest BCUT2D eigenvalue weighted by molar-refractivity contribution is 1.61. The van der Waals surface area contributed by atoms with Gasteiger partial charge in [0.1, 0.15) is 0 Å². The SMILES string of the molecule is c1cc(-c2ccc3ccccc3c2)cc(-c2c3ccccc3c(-c3cccc4ccccc34)c3cccc(-c4ccccc4-c4cccc5ccccc45)c23)c1. The molecule has 0 amide bonds. The van der Waals surface area contributed by atoms with E-state index in [0.717, 1.165) is 0 Å². The quantitative estimate of drug-likeness (QED) is 0.156. The number of rotatable bonds is 5. The third-order valence-electron chi connectivity index (χ3n) is 11.6. The molecule has 0 unspecified atom stereocenters. The van der Waals surface area contributed by atoms with E-state index < -0.39 is 0 Å². The predicted octanol–water partition coefficient (Wildman–Crippen LogP) is 15.8. The van der Waals surface area contributed by atoms with Gasteiger partial charge in [-0.05, 0) is 122 Å². The lowest BCUT2D eigenvalue weighted by atomic mass is 9.81. The molecule has 0 aliphatic carbocycles. The van der Waals surface area contributed by atoms with Crippen LogP contribution < -0.4 is 0 Å². The third kappa shape index (κ3) is 5.22. The van der Waals surface area contributed by atoms with E-state index in [-0.39, 0.29) is 0 Å². The van der Waals surface area contributed by atoms with Gasteiger partial charge in [0.05, 0.1) is 0 Å². The van der Waals surface area contributed by atoms with Gasteiger partial charge in [0.15, 0.2) is 0 Å². The molecule has 56 heavy (non-hydrogen) atoms. The molecule has 0 heteroatoms. The monoisotopic (exact) mass is 708 g/mol. The molecular weight excluding hydrogens is 673 g/mol. The van der Waals surface area contributed by atoms with Crippen molar-refractivity contribution in [2.45, 2.75) is 0 Å². The fraction of sp³-hybridized carbons (Fsp3) is 0. The maximum atomic E-state index is 2.40. The maximum Gasteiger partial charge on any atom is -0.00139 e. The average Bonchev–Trinajstić information content (AvgIpc) is 3.27. The normalized spacial score (nSPS) is 11.6. The molecule has 0 heterocycles. The fourth-order valence-electron chi connectivity index (χ4n) is 9.12. The smallest absolute Gasteiger partial charge is 0.00139 e. The van der Waals surface area contributed by atoms with Crippen molar-refractivity contribution in [1.82, 2.24) is 0 Å². The fourth-order valence-corrected chi connectivity index (χ4v) is 9.12. The first-order chi connectivity index (χ1) is 27.8. The second-order valence-corrected chi connectivity index (χ2v) is 14.8. The third-order valence-corrected chi connectivity index (χ3v) is 11.6. The van der Waals surface area contributed by atoms with Crippen LogP contribution in [0.3, 0.4) is 0 Å². The molecule has 11 aromatic rings. The van der Waals surface area contributed by atoms with E-state index in [1.165, 1.54) is 109 Å².